The highest BCUT2D eigenvalue weighted by Crippen LogP contribution is 2.47. The average Bonchev–Trinajstić information content (AvgIpc) is 3.15. The number of hydrogen-bond donors (Lipinski definition) is 0. The molecule has 2 fully saturated rings. The monoisotopic (exact) mass is 532 g/mol. The molecule has 8 nitrogen and oxygen atoms in total. The van der Waals surface area contributed by atoms with Crippen LogP contribution in [0, 0.1) is 6.92 Å². The Balaban J connectivity index is 0.00000148. The summed E-state index contributed by atoms with van der Waals surface area (Å²) in [6.45, 7) is 16.9. The van der Waals surface area contributed by atoms with Gasteiger partial charge >= 0.3 is 0 Å². The maximum absolute atomic E-state index is 13.2. The lowest BCUT2D eigenvalue weighted by Gasteiger charge is -2.46. The number of amides is 1. The largest absolute Gasteiger partial charge is 0.352 e. The summed E-state index contributed by atoms with van der Waals surface area (Å²) >= 11 is 6.40. The fraction of sp³-hybridized carbons (Fsp3) is 0.615. The Morgan fingerprint density at radius 1 is 1.14 bits per heavy atom. The fourth-order valence-electron chi connectivity index (χ4n) is 5.24. The Morgan fingerprint density at radius 3 is 2.42 bits per heavy atom. The zero-order chi connectivity index (χ0) is 26.4. The molecule has 0 N–H and O–H groups in total. The van der Waals surface area contributed by atoms with Gasteiger partial charge in [0.15, 0.2) is 0 Å². The van der Waals surface area contributed by atoms with Crippen LogP contribution in [0.15, 0.2) is 18.6 Å². The van der Waals surface area contributed by atoms with Crippen LogP contribution in [-0.2, 0) is 21.0 Å². The molecule has 3 aliphatic heterocycles. The second kappa shape index (κ2) is 9.89. The minimum atomic E-state index is -1.07. The molecule has 5 rings (SSSR count). The van der Waals surface area contributed by atoms with Gasteiger partial charge in [0, 0.05) is 71.0 Å². The SMILES string of the molecule is CC.Cc1cnc(N2CC(C)(C)c3c(N4CCN(C(=O)C5(C)CCS5=O)C(C)C4)ncnc32)cc1Cl. The Labute approximate surface area is 221 Å². The first-order chi connectivity index (χ1) is 17.0. The van der Waals surface area contributed by atoms with Crippen molar-refractivity contribution >= 4 is 45.8 Å². The van der Waals surface area contributed by atoms with E-state index in [1.54, 1.807) is 12.5 Å². The van der Waals surface area contributed by atoms with Crippen molar-refractivity contribution in [2.75, 3.05) is 41.7 Å². The quantitative estimate of drug-likeness (QED) is 0.584. The van der Waals surface area contributed by atoms with E-state index in [4.69, 9.17) is 16.6 Å². The molecule has 0 spiro atoms. The molecule has 5 heterocycles. The summed E-state index contributed by atoms with van der Waals surface area (Å²) in [5.74, 6) is 3.18. The van der Waals surface area contributed by atoms with Crippen LogP contribution in [0.4, 0.5) is 17.5 Å². The molecule has 3 unspecified atom stereocenters. The van der Waals surface area contributed by atoms with Crippen LogP contribution in [-0.4, -0.2) is 72.7 Å². The molecule has 0 aliphatic carbocycles. The Hall–Kier alpha value is -2.26. The second-order valence-corrected chi connectivity index (χ2v) is 12.9. The van der Waals surface area contributed by atoms with Crippen LogP contribution in [0.25, 0.3) is 0 Å². The first kappa shape index (κ1) is 26.8. The number of aromatic nitrogens is 3. The van der Waals surface area contributed by atoms with E-state index in [1.807, 2.05) is 38.7 Å². The number of carbonyl (C=O) groups is 1. The summed E-state index contributed by atoms with van der Waals surface area (Å²) in [5.41, 5.74) is 1.83. The molecule has 36 heavy (non-hydrogen) atoms. The second-order valence-electron chi connectivity index (χ2n) is 10.5. The lowest BCUT2D eigenvalue weighted by molar-refractivity contribution is -0.136. The van der Waals surface area contributed by atoms with Gasteiger partial charge in [-0.25, -0.2) is 15.0 Å². The molecule has 1 amide bonds. The zero-order valence-corrected chi connectivity index (χ0v) is 23.9. The van der Waals surface area contributed by atoms with E-state index in [9.17, 15) is 9.00 Å². The highest BCUT2D eigenvalue weighted by molar-refractivity contribution is 7.88. The highest BCUT2D eigenvalue weighted by Gasteiger charge is 2.50. The van der Waals surface area contributed by atoms with Crippen LogP contribution < -0.4 is 9.80 Å². The summed E-state index contributed by atoms with van der Waals surface area (Å²) in [6.07, 6.45) is 4.10. The molecule has 2 aromatic rings. The summed E-state index contributed by atoms with van der Waals surface area (Å²) in [4.78, 5) is 33.4. The number of piperazine rings is 1. The molecule has 196 valence electrons. The standard InChI is InChI=1S/C24H31ClN6O2S.C2H6/c1-15-11-26-18(10-17(15)25)31-13-23(3,4)19-20(27-14-28-21(19)31)29-7-8-30(16(2)12-29)22(32)24(5)6-9-34(24)33;1-2/h10-11,14,16H,6-9,12-13H2,1-5H3;1-2H3. The number of rotatable bonds is 3. The number of aryl methyl sites for hydroxylation is 1. The molecule has 0 saturated carbocycles. The third-order valence-electron chi connectivity index (χ3n) is 7.50. The molecular weight excluding hydrogens is 496 g/mol. The van der Waals surface area contributed by atoms with Crippen molar-refractivity contribution in [1.82, 2.24) is 19.9 Å². The van der Waals surface area contributed by atoms with Gasteiger partial charge in [-0.05, 0) is 38.8 Å². The summed E-state index contributed by atoms with van der Waals surface area (Å²) in [5, 5.41) is 0.682. The minimum Gasteiger partial charge on any atom is -0.352 e. The first-order valence-corrected chi connectivity index (χ1v) is 14.4. The van der Waals surface area contributed by atoms with Crippen LogP contribution in [0.5, 0.6) is 0 Å². The molecule has 0 bridgehead atoms. The van der Waals surface area contributed by atoms with Gasteiger partial charge in [-0.15, -0.1) is 0 Å². The molecule has 2 aromatic heterocycles. The third kappa shape index (κ3) is 4.38. The van der Waals surface area contributed by atoms with Gasteiger partial charge < -0.3 is 14.7 Å². The van der Waals surface area contributed by atoms with Crippen molar-refractivity contribution in [2.45, 2.75) is 71.1 Å². The molecule has 10 heteroatoms. The van der Waals surface area contributed by atoms with E-state index in [1.165, 1.54) is 0 Å². The van der Waals surface area contributed by atoms with Gasteiger partial charge in [0.2, 0.25) is 5.91 Å². The van der Waals surface area contributed by atoms with E-state index >= 15 is 0 Å². The van der Waals surface area contributed by atoms with Gasteiger partial charge in [-0.3, -0.25) is 9.00 Å². The lowest BCUT2D eigenvalue weighted by atomic mass is 9.87. The van der Waals surface area contributed by atoms with E-state index < -0.39 is 15.5 Å². The molecule has 0 radical (unpaired) electrons. The molecule has 3 aliphatic rings. The highest BCUT2D eigenvalue weighted by atomic mass is 35.5. The van der Waals surface area contributed by atoms with Crippen molar-refractivity contribution in [1.29, 1.82) is 0 Å². The molecule has 3 atom stereocenters. The van der Waals surface area contributed by atoms with E-state index in [-0.39, 0.29) is 17.4 Å². The number of anilines is 3. The normalized spacial score (nSPS) is 26.6. The van der Waals surface area contributed by atoms with Crippen molar-refractivity contribution in [3.63, 3.8) is 0 Å². The van der Waals surface area contributed by atoms with Crippen LogP contribution in [0.2, 0.25) is 5.02 Å². The van der Waals surface area contributed by atoms with E-state index in [0.29, 0.717) is 36.8 Å². The molecule has 2 saturated heterocycles. The maximum Gasteiger partial charge on any atom is 0.241 e. The Bertz CT molecular complexity index is 1190. The molecule has 0 aromatic carbocycles. The Morgan fingerprint density at radius 2 is 1.83 bits per heavy atom. The van der Waals surface area contributed by atoms with Crippen molar-refractivity contribution < 1.29 is 9.00 Å². The van der Waals surface area contributed by atoms with Gasteiger partial charge in [-0.2, -0.15) is 0 Å². The van der Waals surface area contributed by atoms with E-state index in [2.05, 4.69) is 40.5 Å². The fourth-order valence-corrected chi connectivity index (χ4v) is 6.69. The predicted octanol–water partition coefficient (Wildman–Crippen LogP) is 4.24. The van der Waals surface area contributed by atoms with Crippen LogP contribution >= 0.6 is 11.6 Å². The van der Waals surface area contributed by atoms with Crippen LogP contribution in [0.3, 0.4) is 0 Å². The summed E-state index contributed by atoms with van der Waals surface area (Å²) in [6, 6.07) is 1.89. The predicted molar refractivity (Wildman–Crippen MR) is 147 cm³/mol. The van der Waals surface area contributed by atoms with Crippen molar-refractivity contribution in [3.05, 3.63) is 34.7 Å². The number of halogens is 1. The van der Waals surface area contributed by atoms with Gasteiger partial charge in [0.25, 0.3) is 0 Å². The number of pyridine rings is 1. The van der Waals surface area contributed by atoms with Gasteiger partial charge in [0.05, 0.1) is 0 Å². The smallest absolute Gasteiger partial charge is 0.241 e. The Kier molecular flexibility index (Phi) is 7.36. The van der Waals surface area contributed by atoms with Crippen molar-refractivity contribution in [3.8, 4) is 0 Å². The lowest BCUT2D eigenvalue weighted by Crippen LogP contribution is -2.63. The number of fused-ring (bicyclic) bond motifs is 1. The number of nitrogens with zero attached hydrogens (tertiary/aromatic N) is 6. The van der Waals surface area contributed by atoms with Crippen molar-refractivity contribution in [2.24, 2.45) is 0 Å². The van der Waals surface area contributed by atoms with Gasteiger partial charge in [-0.1, -0.05) is 39.3 Å². The topological polar surface area (TPSA) is 82.5 Å². The third-order valence-corrected chi connectivity index (χ3v) is 9.87. The first-order valence-electron chi connectivity index (χ1n) is 12.7. The average molecular weight is 533 g/mol. The number of hydrogen-bond acceptors (Lipinski definition) is 7. The van der Waals surface area contributed by atoms with E-state index in [0.717, 1.165) is 35.1 Å². The maximum atomic E-state index is 13.2. The van der Waals surface area contributed by atoms with Gasteiger partial charge in [0.1, 0.15) is 28.5 Å². The summed E-state index contributed by atoms with van der Waals surface area (Å²) in [7, 11) is -1.07. The minimum absolute atomic E-state index is 0.000481. The zero-order valence-electron chi connectivity index (χ0n) is 22.3. The molecular formula is C26H37ClN6O2S. The van der Waals surface area contributed by atoms with Crippen LogP contribution in [0.1, 0.15) is 59.1 Å². The number of carbonyl (C=O) groups excluding carboxylic acids is 1. The summed E-state index contributed by atoms with van der Waals surface area (Å²) < 4.78 is 11.5.